The molecule has 1 aromatic rings. The van der Waals surface area contributed by atoms with E-state index in [0.717, 1.165) is 32.3 Å². The molecule has 2 aliphatic rings. The summed E-state index contributed by atoms with van der Waals surface area (Å²) in [5.41, 5.74) is 0.631. The van der Waals surface area contributed by atoms with Crippen molar-refractivity contribution in [3.05, 3.63) is 23.9 Å². The minimum absolute atomic E-state index is 0.0187. The maximum atomic E-state index is 12.5. The predicted octanol–water partition coefficient (Wildman–Crippen LogP) is 2.74. The maximum absolute atomic E-state index is 12.5. The van der Waals surface area contributed by atoms with Gasteiger partial charge >= 0.3 is 0 Å². The van der Waals surface area contributed by atoms with E-state index in [2.05, 4.69) is 15.6 Å². The fourth-order valence-electron chi connectivity index (χ4n) is 3.26. The fraction of sp³-hybridized carbons (Fsp3) is 0.647. The Balaban J connectivity index is 1.60. The van der Waals surface area contributed by atoms with Gasteiger partial charge in [0.1, 0.15) is 5.82 Å². The first-order valence-electron chi connectivity index (χ1n) is 8.44. The summed E-state index contributed by atoms with van der Waals surface area (Å²) in [7, 11) is 0. The fourth-order valence-corrected chi connectivity index (χ4v) is 3.26. The molecule has 1 atom stereocenters. The van der Waals surface area contributed by atoms with Crippen molar-refractivity contribution in [3.63, 3.8) is 0 Å². The number of nitrogens with zero attached hydrogens (tertiary/aromatic N) is 1. The van der Waals surface area contributed by atoms with E-state index in [1.165, 1.54) is 19.3 Å². The molecule has 1 saturated carbocycles. The van der Waals surface area contributed by atoms with Crippen LogP contribution in [0.15, 0.2) is 18.3 Å². The third-order valence-corrected chi connectivity index (χ3v) is 4.51. The van der Waals surface area contributed by atoms with Gasteiger partial charge in [-0.05, 0) is 37.8 Å². The van der Waals surface area contributed by atoms with Gasteiger partial charge in [0.25, 0.3) is 5.91 Å². The van der Waals surface area contributed by atoms with Crippen LogP contribution in [-0.2, 0) is 4.74 Å². The molecule has 1 amide bonds. The molecule has 5 heteroatoms. The molecule has 2 N–H and O–H groups in total. The molecular weight excluding hydrogens is 278 g/mol. The van der Waals surface area contributed by atoms with Crippen molar-refractivity contribution in [1.82, 2.24) is 10.3 Å². The summed E-state index contributed by atoms with van der Waals surface area (Å²) < 4.78 is 5.61. The highest BCUT2D eigenvalue weighted by molar-refractivity contribution is 5.98. The van der Waals surface area contributed by atoms with Gasteiger partial charge in [-0.3, -0.25) is 4.79 Å². The molecule has 1 aliphatic heterocycles. The number of amides is 1. The van der Waals surface area contributed by atoms with E-state index in [0.29, 0.717) is 24.0 Å². The lowest BCUT2D eigenvalue weighted by Gasteiger charge is -2.23. The van der Waals surface area contributed by atoms with E-state index in [1.807, 2.05) is 12.1 Å². The van der Waals surface area contributed by atoms with Crippen molar-refractivity contribution in [2.45, 2.75) is 57.1 Å². The zero-order chi connectivity index (χ0) is 15.2. The van der Waals surface area contributed by atoms with E-state index >= 15 is 0 Å². The monoisotopic (exact) mass is 303 g/mol. The number of carbonyl (C=O) groups excluding carboxylic acids is 1. The molecule has 0 radical (unpaired) electrons. The lowest BCUT2D eigenvalue weighted by atomic mass is 9.95. The molecular formula is C17H25N3O2. The number of anilines is 1. The van der Waals surface area contributed by atoms with Crippen LogP contribution >= 0.6 is 0 Å². The smallest absolute Gasteiger partial charge is 0.255 e. The first-order valence-corrected chi connectivity index (χ1v) is 8.44. The summed E-state index contributed by atoms with van der Waals surface area (Å²) in [4.78, 5) is 16.8. The quantitative estimate of drug-likeness (QED) is 0.878. The lowest BCUT2D eigenvalue weighted by Crippen LogP contribution is -2.36. The van der Waals surface area contributed by atoms with E-state index in [9.17, 15) is 4.79 Å². The Bertz CT molecular complexity index is 494. The molecule has 1 aromatic heterocycles. The highest BCUT2D eigenvalue weighted by Crippen LogP contribution is 2.19. The lowest BCUT2D eigenvalue weighted by molar-refractivity contribution is 0.0927. The Morgan fingerprint density at radius 1 is 1.23 bits per heavy atom. The summed E-state index contributed by atoms with van der Waals surface area (Å²) >= 11 is 0. The second-order valence-electron chi connectivity index (χ2n) is 6.22. The zero-order valence-corrected chi connectivity index (χ0v) is 13.0. The highest BCUT2D eigenvalue weighted by Gasteiger charge is 2.20. The van der Waals surface area contributed by atoms with Crippen molar-refractivity contribution in [1.29, 1.82) is 0 Å². The predicted molar refractivity (Wildman–Crippen MR) is 86.0 cm³/mol. The molecule has 0 bridgehead atoms. The maximum Gasteiger partial charge on any atom is 0.255 e. The van der Waals surface area contributed by atoms with E-state index in [1.54, 1.807) is 6.20 Å². The van der Waals surface area contributed by atoms with Crippen LogP contribution in [0.2, 0.25) is 0 Å². The SMILES string of the molecule is O=C(NC1CCCCC1)c1cccnc1NC[C@@H]1CCCO1. The van der Waals surface area contributed by atoms with Crippen molar-refractivity contribution < 1.29 is 9.53 Å². The number of aromatic nitrogens is 1. The van der Waals surface area contributed by atoms with Crippen molar-refractivity contribution in [2.24, 2.45) is 0 Å². The van der Waals surface area contributed by atoms with Crippen LogP contribution < -0.4 is 10.6 Å². The first kappa shape index (κ1) is 15.3. The van der Waals surface area contributed by atoms with Crippen LogP contribution in [0.3, 0.4) is 0 Å². The van der Waals surface area contributed by atoms with Gasteiger partial charge in [-0.15, -0.1) is 0 Å². The third kappa shape index (κ3) is 3.97. The van der Waals surface area contributed by atoms with E-state index < -0.39 is 0 Å². The van der Waals surface area contributed by atoms with Gasteiger partial charge in [0.05, 0.1) is 11.7 Å². The molecule has 1 aliphatic carbocycles. The Kier molecular flexibility index (Phi) is 5.27. The summed E-state index contributed by atoms with van der Waals surface area (Å²) in [6.45, 7) is 1.55. The summed E-state index contributed by atoms with van der Waals surface area (Å²) in [5, 5.41) is 6.43. The molecule has 2 heterocycles. The van der Waals surface area contributed by atoms with Gasteiger partial charge in [-0.2, -0.15) is 0 Å². The van der Waals surface area contributed by atoms with Gasteiger partial charge < -0.3 is 15.4 Å². The minimum atomic E-state index is -0.0187. The average molecular weight is 303 g/mol. The summed E-state index contributed by atoms with van der Waals surface area (Å²) in [6.07, 6.45) is 10.0. The van der Waals surface area contributed by atoms with Crippen molar-refractivity contribution in [3.8, 4) is 0 Å². The van der Waals surface area contributed by atoms with Gasteiger partial charge in [0, 0.05) is 25.4 Å². The zero-order valence-electron chi connectivity index (χ0n) is 13.0. The van der Waals surface area contributed by atoms with Gasteiger partial charge in [0.15, 0.2) is 0 Å². The standard InChI is InChI=1S/C17H25N3O2/c21-17(20-13-6-2-1-3-7-13)15-9-4-10-18-16(15)19-12-14-8-5-11-22-14/h4,9-10,13-14H,1-3,5-8,11-12H2,(H,18,19)(H,20,21)/t14-/m0/s1. The summed E-state index contributed by atoms with van der Waals surface area (Å²) in [5.74, 6) is 0.640. The van der Waals surface area contributed by atoms with Crippen molar-refractivity contribution in [2.75, 3.05) is 18.5 Å². The molecule has 120 valence electrons. The second kappa shape index (κ2) is 7.58. The molecule has 0 spiro atoms. The molecule has 2 fully saturated rings. The Hall–Kier alpha value is -1.62. The Morgan fingerprint density at radius 3 is 2.86 bits per heavy atom. The molecule has 5 nitrogen and oxygen atoms in total. The van der Waals surface area contributed by atoms with Crippen molar-refractivity contribution >= 4 is 11.7 Å². The highest BCUT2D eigenvalue weighted by atomic mass is 16.5. The van der Waals surface area contributed by atoms with Crippen LogP contribution in [0, 0.1) is 0 Å². The topological polar surface area (TPSA) is 63.2 Å². The first-order chi connectivity index (χ1) is 10.8. The number of nitrogens with one attached hydrogen (secondary N) is 2. The molecule has 22 heavy (non-hydrogen) atoms. The Morgan fingerprint density at radius 2 is 2.09 bits per heavy atom. The number of pyridine rings is 1. The van der Waals surface area contributed by atoms with E-state index in [-0.39, 0.29) is 12.0 Å². The molecule has 0 aromatic carbocycles. The molecule has 3 rings (SSSR count). The number of hydrogen-bond acceptors (Lipinski definition) is 4. The average Bonchev–Trinajstić information content (AvgIpc) is 3.07. The normalized spacial score (nSPS) is 22.5. The van der Waals surface area contributed by atoms with Crippen LogP contribution in [0.4, 0.5) is 5.82 Å². The Labute approximate surface area is 131 Å². The third-order valence-electron chi connectivity index (χ3n) is 4.51. The number of carbonyl (C=O) groups is 1. The van der Waals surface area contributed by atoms with Crippen LogP contribution in [-0.4, -0.2) is 36.2 Å². The van der Waals surface area contributed by atoms with Gasteiger partial charge in [0.2, 0.25) is 0 Å². The van der Waals surface area contributed by atoms with Crippen LogP contribution in [0.5, 0.6) is 0 Å². The second-order valence-corrected chi connectivity index (χ2v) is 6.22. The number of hydrogen-bond donors (Lipinski definition) is 2. The number of ether oxygens (including phenoxy) is 1. The largest absolute Gasteiger partial charge is 0.376 e. The van der Waals surface area contributed by atoms with Crippen LogP contribution in [0.1, 0.15) is 55.3 Å². The molecule has 1 saturated heterocycles. The summed E-state index contributed by atoms with van der Waals surface area (Å²) in [6, 6.07) is 3.96. The van der Waals surface area contributed by atoms with Crippen LogP contribution in [0.25, 0.3) is 0 Å². The van der Waals surface area contributed by atoms with E-state index in [4.69, 9.17) is 4.74 Å². The minimum Gasteiger partial charge on any atom is -0.376 e. The van der Waals surface area contributed by atoms with Gasteiger partial charge in [-0.1, -0.05) is 19.3 Å². The molecule has 0 unspecified atom stereocenters. The van der Waals surface area contributed by atoms with Gasteiger partial charge in [-0.25, -0.2) is 4.98 Å². The number of rotatable bonds is 5.